The van der Waals surface area contributed by atoms with Crippen LogP contribution in [0.3, 0.4) is 0 Å². The molecule has 0 bridgehead atoms. The maximum absolute atomic E-state index is 12.6. The molecule has 142 valence electrons. The molecule has 2 atom stereocenters. The second kappa shape index (κ2) is 9.17. The summed E-state index contributed by atoms with van der Waals surface area (Å²) in [7, 11) is 0. The first kappa shape index (κ1) is 18.9. The third-order valence-electron chi connectivity index (χ3n) is 5.46. The Hall–Kier alpha value is -1.88. The smallest absolute Gasteiger partial charge is 0.339 e. The Morgan fingerprint density at radius 2 is 1.69 bits per heavy atom. The topological polar surface area (TPSA) is 55.8 Å². The molecular formula is C21H29NO4. The minimum Gasteiger partial charge on any atom is -0.462 e. The molecule has 0 aliphatic carbocycles. The van der Waals surface area contributed by atoms with Crippen molar-refractivity contribution in [3.8, 4) is 0 Å². The number of piperidine rings is 2. The van der Waals surface area contributed by atoms with E-state index in [-0.39, 0.29) is 5.56 Å². The van der Waals surface area contributed by atoms with E-state index >= 15 is 0 Å². The highest BCUT2D eigenvalue weighted by molar-refractivity contribution is 6.03. The normalized spacial score (nSPS) is 23.1. The van der Waals surface area contributed by atoms with E-state index in [9.17, 15) is 9.59 Å². The summed E-state index contributed by atoms with van der Waals surface area (Å²) < 4.78 is 10.8. The number of ether oxygens (including phenoxy) is 2. The van der Waals surface area contributed by atoms with Gasteiger partial charge in [-0.05, 0) is 57.3 Å². The summed E-state index contributed by atoms with van der Waals surface area (Å²) in [6.45, 7) is 5.05. The fourth-order valence-corrected chi connectivity index (χ4v) is 4.14. The molecular weight excluding hydrogens is 330 g/mol. The summed E-state index contributed by atoms with van der Waals surface area (Å²) in [5, 5.41) is 0. The molecule has 2 aliphatic heterocycles. The predicted molar refractivity (Wildman–Crippen MR) is 99.2 cm³/mol. The average molecular weight is 359 g/mol. The van der Waals surface area contributed by atoms with Crippen LogP contribution in [0.5, 0.6) is 0 Å². The van der Waals surface area contributed by atoms with Gasteiger partial charge in [-0.2, -0.15) is 0 Å². The molecule has 2 fully saturated rings. The number of benzene rings is 1. The molecule has 2 unspecified atom stereocenters. The minimum atomic E-state index is -0.462. The van der Waals surface area contributed by atoms with Gasteiger partial charge in [-0.25, -0.2) is 9.59 Å². The summed E-state index contributed by atoms with van der Waals surface area (Å²) in [5.74, 6) is -0.496. The lowest BCUT2D eigenvalue weighted by Crippen LogP contribution is -2.49. The van der Waals surface area contributed by atoms with Gasteiger partial charge >= 0.3 is 11.9 Å². The van der Waals surface area contributed by atoms with Crippen molar-refractivity contribution in [3.63, 3.8) is 0 Å². The summed E-state index contributed by atoms with van der Waals surface area (Å²) in [4.78, 5) is 27.3. The Balaban J connectivity index is 1.62. The maximum atomic E-state index is 12.6. The summed E-state index contributed by atoms with van der Waals surface area (Å²) in [6, 6.07) is 7.28. The molecule has 0 spiro atoms. The van der Waals surface area contributed by atoms with Gasteiger partial charge in [-0.3, -0.25) is 4.90 Å². The molecule has 2 heterocycles. The van der Waals surface area contributed by atoms with Crippen molar-refractivity contribution >= 4 is 11.9 Å². The highest BCUT2D eigenvalue weighted by Crippen LogP contribution is 2.31. The molecule has 0 amide bonds. The Morgan fingerprint density at radius 3 is 2.42 bits per heavy atom. The number of carbonyl (C=O) groups excluding carboxylic acids is 2. The molecule has 2 aliphatic rings. The summed E-state index contributed by atoms with van der Waals surface area (Å²) >= 11 is 0. The second-order valence-corrected chi connectivity index (χ2v) is 7.28. The lowest BCUT2D eigenvalue weighted by molar-refractivity contribution is 0.00711. The zero-order valence-corrected chi connectivity index (χ0v) is 15.6. The van der Waals surface area contributed by atoms with E-state index in [0.29, 0.717) is 30.7 Å². The van der Waals surface area contributed by atoms with Crippen LogP contribution in [0.4, 0.5) is 0 Å². The van der Waals surface area contributed by atoms with Crippen LogP contribution in [0, 0.1) is 5.92 Å². The van der Waals surface area contributed by atoms with Crippen molar-refractivity contribution in [1.29, 1.82) is 0 Å². The zero-order valence-electron chi connectivity index (χ0n) is 15.6. The Labute approximate surface area is 155 Å². The van der Waals surface area contributed by atoms with E-state index in [1.54, 1.807) is 24.3 Å². The van der Waals surface area contributed by atoms with Crippen molar-refractivity contribution in [2.75, 3.05) is 26.3 Å². The zero-order chi connectivity index (χ0) is 18.4. The van der Waals surface area contributed by atoms with Gasteiger partial charge < -0.3 is 9.47 Å². The largest absolute Gasteiger partial charge is 0.462 e. The third-order valence-corrected chi connectivity index (χ3v) is 5.46. The third kappa shape index (κ3) is 4.44. The van der Waals surface area contributed by atoms with E-state index in [2.05, 4.69) is 4.90 Å². The van der Waals surface area contributed by atoms with Gasteiger partial charge in [0.15, 0.2) is 0 Å². The van der Waals surface area contributed by atoms with E-state index in [1.165, 1.54) is 38.8 Å². The standard InChI is InChI=1S/C21H29NO4/c1-2-14-25-20(23)17-9-3-4-10-18(17)21(24)26-15-16-8-7-13-22-12-6-5-11-19(16)22/h3-4,9-10,16,19H,2,5-8,11-15H2,1H3. The van der Waals surface area contributed by atoms with Crippen LogP contribution in [0.25, 0.3) is 0 Å². The molecule has 1 aromatic carbocycles. The van der Waals surface area contributed by atoms with Crippen molar-refractivity contribution in [1.82, 2.24) is 4.90 Å². The molecule has 5 heteroatoms. The lowest BCUT2D eigenvalue weighted by atomic mass is 9.84. The first-order valence-corrected chi connectivity index (χ1v) is 9.88. The Kier molecular flexibility index (Phi) is 6.67. The highest BCUT2D eigenvalue weighted by atomic mass is 16.5. The Morgan fingerprint density at radius 1 is 1.00 bits per heavy atom. The average Bonchev–Trinajstić information content (AvgIpc) is 2.70. The number of hydrogen-bond acceptors (Lipinski definition) is 5. The monoisotopic (exact) mass is 359 g/mol. The van der Waals surface area contributed by atoms with Crippen LogP contribution in [0.15, 0.2) is 24.3 Å². The van der Waals surface area contributed by atoms with E-state index in [1.807, 2.05) is 6.92 Å². The summed E-state index contributed by atoms with van der Waals surface area (Å²) in [5.41, 5.74) is 0.582. The number of fused-ring (bicyclic) bond motifs is 1. The van der Waals surface area contributed by atoms with Crippen molar-refractivity contribution in [2.24, 2.45) is 5.92 Å². The van der Waals surface area contributed by atoms with Gasteiger partial charge in [0.05, 0.1) is 24.3 Å². The number of esters is 2. The lowest BCUT2D eigenvalue weighted by Gasteiger charge is -2.44. The summed E-state index contributed by atoms with van der Waals surface area (Å²) in [6.07, 6.45) is 6.75. The molecule has 0 aromatic heterocycles. The number of carbonyl (C=O) groups is 2. The van der Waals surface area contributed by atoms with Gasteiger partial charge in [0.25, 0.3) is 0 Å². The first-order chi connectivity index (χ1) is 12.7. The van der Waals surface area contributed by atoms with Crippen molar-refractivity contribution < 1.29 is 19.1 Å². The molecule has 0 radical (unpaired) electrons. The quantitative estimate of drug-likeness (QED) is 0.725. The van der Waals surface area contributed by atoms with Crippen LogP contribution < -0.4 is 0 Å². The van der Waals surface area contributed by atoms with Crippen molar-refractivity contribution in [3.05, 3.63) is 35.4 Å². The molecule has 1 aromatic rings. The number of hydrogen-bond donors (Lipinski definition) is 0. The van der Waals surface area contributed by atoms with Crippen LogP contribution in [0.2, 0.25) is 0 Å². The van der Waals surface area contributed by atoms with Crippen LogP contribution >= 0.6 is 0 Å². The van der Waals surface area contributed by atoms with E-state index in [0.717, 1.165) is 12.8 Å². The van der Waals surface area contributed by atoms with E-state index in [4.69, 9.17) is 9.47 Å². The molecule has 0 N–H and O–H groups in total. The first-order valence-electron chi connectivity index (χ1n) is 9.88. The van der Waals surface area contributed by atoms with Gasteiger partial charge in [0.1, 0.15) is 0 Å². The molecule has 0 saturated carbocycles. The van der Waals surface area contributed by atoms with E-state index < -0.39 is 11.9 Å². The van der Waals surface area contributed by atoms with Gasteiger partial charge in [-0.1, -0.05) is 25.5 Å². The van der Waals surface area contributed by atoms with Gasteiger partial charge in [0, 0.05) is 12.0 Å². The molecule has 3 rings (SSSR count). The van der Waals surface area contributed by atoms with Gasteiger partial charge in [-0.15, -0.1) is 0 Å². The second-order valence-electron chi connectivity index (χ2n) is 7.28. The SMILES string of the molecule is CCCOC(=O)c1ccccc1C(=O)OCC1CCCN2CCCCC12. The fourth-order valence-electron chi connectivity index (χ4n) is 4.14. The highest BCUT2D eigenvalue weighted by Gasteiger charge is 2.33. The minimum absolute atomic E-state index is 0.286. The molecule has 26 heavy (non-hydrogen) atoms. The Bertz CT molecular complexity index is 628. The molecule has 2 saturated heterocycles. The van der Waals surface area contributed by atoms with Gasteiger partial charge in [0.2, 0.25) is 0 Å². The van der Waals surface area contributed by atoms with Crippen LogP contribution in [-0.2, 0) is 9.47 Å². The fraction of sp³-hybridized carbons (Fsp3) is 0.619. The van der Waals surface area contributed by atoms with Crippen molar-refractivity contribution in [2.45, 2.75) is 51.5 Å². The predicted octanol–water partition coefficient (Wildman–Crippen LogP) is 3.67. The van der Waals surface area contributed by atoms with Crippen LogP contribution in [0.1, 0.15) is 66.2 Å². The maximum Gasteiger partial charge on any atom is 0.339 e. The number of nitrogens with zero attached hydrogens (tertiary/aromatic N) is 1. The number of rotatable bonds is 6. The molecule has 5 nitrogen and oxygen atoms in total. The van der Waals surface area contributed by atoms with Crippen LogP contribution in [-0.4, -0.2) is 49.2 Å².